The summed E-state index contributed by atoms with van der Waals surface area (Å²) < 4.78 is 4.95. The fourth-order valence-electron chi connectivity index (χ4n) is 0.548. The highest BCUT2D eigenvalue weighted by Gasteiger charge is 1.89. The molecule has 1 heteroatoms. The zero-order chi connectivity index (χ0) is 7.28. The quantitative estimate of drug-likeness (QED) is 0.416. The first-order valence-electron chi connectivity index (χ1n) is 3.09. The maximum Gasteiger partial charge on any atom is 0.114 e. The van der Waals surface area contributed by atoms with Gasteiger partial charge < -0.3 is 4.74 Å². The summed E-state index contributed by atoms with van der Waals surface area (Å²) in [7, 11) is 1.65. The van der Waals surface area contributed by atoms with Crippen LogP contribution in [0.1, 0.15) is 13.8 Å². The average molecular weight is 126 g/mol. The molecule has 0 amide bonds. The summed E-state index contributed by atoms with van der Waals surface area (Å²) in [6, 6.07) is 0. The van der Waals surface area contributed by atoms with Gasteiger partial charge in [0, 0.05) is 0 Å². The van der Waals surface area contributed by atoms with Gasteiger partial charge in [0.15, 0.2) is 0 Å². The van der Waals surface area contributed by atoms with E-state index < -0.39 is 0 Å². The van der Waals surface area contributed by atoms with Crippen molar-refractivity contribution in [3.63, 3.8) is 0 Å². The average Bonchev–Trinajstić information content (AvgIpc) is 1.82. The summed E-state index contributed by atoms with van der Waals surface area (Å²) in [5, 5.41) is 0. The molecule has 0 bridgehead atoms. The largest absolute Gasteiger partial charge is 0.497 e. The second-order valence-corrected chi connectivity index (χ2v) is 2.22. The van der Waals surface area contributed by atoms with Gasteiger partial charge in [0.25, 0.3) is 0 Å². The molecule has 0 atom stereocenters. The van der Waals surface area contributed by atoms with Gasteiger partial charge in [0.05, 0.1) is 7.11 Å². The van der Waals surface area contributed by atoms with Crippen LogP contribution in [-0.2, 0) is 4.74 Å². The van der Waals surface area contributed by atoms with Gasteiger partial charge in [-0.1, -0.05) is 20.4 Å². The molecule has 0 saturated carbocycles. The molecule has 0 radical (unpaired) electrons. The highest BCUT2D eigenvalue weighted by atomic mass is 16.5. The van der Waals surface area contributed by atoms with Crippen LogP contribution in [-0.4, -0.2) is 7.11 Å². The highest BCUT2D eigenvalue weighted by molar-refractivity contribution is 5.08. The van der Waals surface area contributed by atoms with Crippen LogP contribution in [0.4, 0.5) is 0 Å². The molecule has 0 rings (SSSR count). The van der Waals surface area contributed by atoms with E-state index in [0.717, 1.165) is 5.76 Å². The van der Waals surface area contributed by atoms with E-state index in [2.05, 4.69) is 20.4 Å². The number of hydrogen-bond acceptors (Lipinski definition) is 1. The van der Waals surface area contributed by atoms with Gasteiger partial charge in [0.2, 0.25) is 0 Å². The van der Waals surface area contributed by atoms with Crippen molar-refractivity contribution < 1.29 is 4.74 Å². The van der Waals surface area contributed by atoms with E-state index in [-0.39, 0.29) is 0 Å². The summed E-state index contributed by atoms with van der Waals surface area (Å²) in [6.45, 7) is 7.79. The predicted molar refractivity (Wildman–Crippen MR) is 40.1 cm³/mol. The molecule has 52 valence electrons. The van der Waals surface area contributed by atoms with Crippen LogP contribution in [0, 0.1) is 5.92 Å². The van der Waals surface area contributed by atoms with E-state index in [1.54, 1.807) is 13.2 Å². The van der Waals surface area contributed by atoms with E-state index in [4.69, 9.17) is 4.74 Å². The van der Waals surface area contributed by atoms with Crippen molar-refractivity contribution in [3.05, 3.63) is 24.5 Å². The van der Waals surface area contributed by atoms with E-state index in [1.807, 2.05) is 6.08 Å². The van der Waals surface area contributed by atoms with E-state index in [1.165, 1.54) is 0 Å². The van der Waals surface area contributed by atoms with Crippen LogP contribution in [0.25, 0.3) is 0 Å². The van der Waals surface area contributed by atoms with E-state index >= 15 is 0 Å². The Hall–Kier alpha value is -0.720. The lowest BCUT2D eigenvalue weighted by Crippen LogP contribution is -1.85. The van der Waals surface area contributed by atoms with E-state index in [9.17, 15) is 0 Å². The minimum atomic E-state index is 0.526. The van der Waals surface area contributed by atoms with Gasteiger partial charge in [-0.2, -0.15) is 0 Å². The molecule has 0 fully saturated rings. The fraction of sp³-hybridized carbons (Fsp3) is 0.500. The van der Waals surface area contributed by atoms with Crippen LogP contribution in [0.3, 0.4) is 0 Å². The summed E-state index contributed by atoms with van der Waals surface area (Å²) >= 11 is 0. The minimum absolute atomic E-state index is 0.526. The zero-order valence-electron chi connectivity index (χ0n) is 6.35. The summed E-state index contributed by atoms with van der Waals surface area (Å²) in [5.74, 6) is 1.38. The SMILES string of the molecule is C=C/C(=C\C(C)C)OC. The number of ether oxygens (including phenoxy) is 1. The predicted octanol–water partition coefficient (Wildman–Crippen LogP) is 2.36. The third-order valence-corrected chi connectivity index (χ3v) is 0.934. The molecule has 0 aliphatic carbocycles. The lowest BCUT2D eigenvalue weighted by molar-refractivity contribution is 0.303. The van der Waals surface area contributed by atoms with Crippen molar-refractivity contribution in [1.82, 2.24) is 0 Å². The van der Waals surface area contributed by atoms with Gasteiger partial charge in [-0.3, -0.25) is 0 Å². The molecule has 0 aliphatic rings. The van der Waals surface area contributed by atoms with Gasteiger partial charge in [0.1, 0.15) is 5.76 Å². The molecule has 0 spiro atoms. The Morgan fingerprint density at radius 1 is 1.56 bits per heavy atom. The Labute approximate surface area is 57.0 Å². The molecule has 0 N–H and O–H groups in total. The van der Waals surface area contributed by atoms with E-state index in [0.29, 0.717) is 5.92 Å². The lowest BCUT2D eigenvalue weighted by Gasteiger charge is -2.00. The maximum atomic E-state index is 4.95. The molecule has 0 aliphatic heterocycles. The van der Waals surface area contributed by atoms with Crippen LogP contribution in [0.2, 0.25) is 0 Å². The Bertz CT molecular complexity index is 112. The van der Waals surface area contributed by atoms with Gasteiger partial charge >= 0.3 is 0 Å². The van der Waals surface area contributed by atoms with Crippen molar-refractivity contribution in [2.75, 3.05) is 7.11 Å². The molecule has 0 aromatic rings. The summed E-state index contributed by atoms with van der Waals surface area (Å²) in [5.41, 5.74) is 0. The van der Waals surface area contributed by atoms with Gasteiger partial charge in [-0.25, -0.2) is 0 Å². The molecule has 0 saturated heterocycles. The second kappa shape index (κ2) is 4.19. The van der Waals surface area contributed by atoms with Crippen LogP contribution < -0.4 is 0 Å². The molecule has 0 unspecified atom stereocenters. The lowest BCUT2D eigenvalue weighted by atomic mass is 10.2. The first kappa shape index (κ1) is 8.28. The number of allylic oxidation sites excluding steroid dienone is 2. The van der Waals surface area contributed by atoms with Crippen molar-refractivity contribution in [1.29, 1.82) is 0 Å². The second-order valence-electron chi connectivity index (χ2n) is 2.22. The maximum absolute atomic E-state index is 4.95. The molecule has 9 heavy (non-hydrogen) atoms. The number of rotatable bonds is 3. The molecule has 1 nitrogen and oxygen atoms in total. The normalized spacial score (nSPS) is 11.8. The Morgan fingerprint density at radius 2 is 2.11 bits per heavy atom. The molecule has 0 heterocycles. The Balaban J connectivity index is 3.90. The first-order valence-corrected chi connectivity index (χ1v) is 3.09. The standard InChI is InChI=1S/C8H14O/c1-5-8(9-4)6-7(2)3/h5-7H,1H2,2-4H3/b8-6+. The Kier molecular flexibility index (Phi) is 3.85. The highest BCUT2D eigenvalue weighted by Crippen LogP contribution is 2.02. The summed E-state index contributed by atoms with van der Waals surface area (Å²) in [4.78, 5) is 0. The molecule has 0 aromatic carbocycles. The van der Waals surface area contributed by atoms with Crippen molar-refractivity contribution >= 4 is 0 Å². The first-order chi connectivity index (χ1) is 4.20. The van der Waals surface area contributed by atoms with Crippen LogP contribution in [0.15, 0.2) is 24.5 Å². The van der Waals surface area contributed by atoms with Crippen molar-refractivity contribution in [3.8, 4) is 0 Å². The fourth-order valence-corrected chi connectivity index (χ4v) is 0.548. The number of methoxy groups -OCH3 is 1. The monoisotopic (exact) mass is 126 g/mol. The third kappa shape index (κ3) is 3.83. The molecular weight excluding hydrogens is 112 g/mol. The van der Waals surface area contributed by atoms with Crippen LogP contribution in [0.5, 0.6) is 0 Å². The zero-order valence-corrected chi connectivity index (χ0v) is 6.35. The van der Waals surface area contributed by atoms with Crippen LogP contribution >= 0.6 is 0 Å². The topological polar surface area (TPSA) is 9.23 Å². The summed E-state index contributed by atoms with van der Waals surface area (Å²) in [6.07, 6.45) is 3.73. The van der Waals surface area contributed by atoms with Gasteiger partial charge in [-0.15, -0.1) is 0 Å². The third-order valence-electron chi connectivity index (χ3n) is 0.934. The van der Waals surface area contributed by atoms with Crippen molar-refractivity contribution in [2.45, 2.75) is 13.8 Å². The minimum Gasteiger partial charge on any atom is -0.497 e. The molecule has 0 aromatic heterocycles. The smallest absolute Gasteiger partial charge is 0.114 e. The van der Waals surface area contributed by atoms with Crippen molar-refractivity contribution in [2.24, 2.45) is 5.92 Å². The molecular formula is C8H14O. The number of hydrogen-bond donors (Lipinski definition) is 0. The Morgan fingerprint density at radius 3 is 2.22 bits per heavy atom. The van der Waals surface area contributed by atoms with Gasteiger partial charge in [-0.05, 0) is 18.1 Å².